The van der Waals surface area contributed by atoms with Crippen LogP contribution < -0.4 is 25.0 Å². The normalized spacial score (nSPS) is 10.2. The molecular weight excluding hydrogens is 386 g/mol. The van der Waals surface area contributed by atoms with Crippen molar-refractivity contribution in [3.05, 3.63) is 48.0 Å². The van der Waals surface area contributed by atoms with Gasteiger partial charge in [-0.3, -0.25) is 9.59 Å². The summed E-state index contributed by atoms with van der Waals surface area (Å²) >= 11 is 0. The van der Waals surface area contributed by atoms with Gasteiger partial charge >= 0.3 is 0 Å². The predicted octanol–water partition coefficient (Wildman–Crippen LogP) is 2.58. The van der Waals surface area contributed by atoms with Crippen molar-refractivity contribution >= 4 is 23.7 Å². The Kier molecular flexibility index (Phi) is 8.74. The number of methoxy groups -OCH3 is 1. The standard InChI is InChI=1S/C22H23N3O5/c1-4-12-30-19-11-6-16(13-20(19)28-3)15-23-25-22(27)14-21(26)24-17-7-9-18(10-8-17)29-5-2/h1,6-11,13,15H,5,12,14H2,2-3H3,(H,24,26)(H,25,27). The maximum Gasteiger partial charge on any atom is 0.249 e. The van der Waals surface area contributed by atoms with Crippen LogP contribution in [0.1, 0.15) is 18.9 Å². The van der Waals surface area contributed by atoms with Gasteiger partial charge in [-0.05, 0) is 55.0 Å². The van der Waals surface area contributed by atoms with Crippen LogP contribution in [-0.2, 0) is 9.59 Å². The molecule has 0 heterocycles. The van der Waals surface area contributed by atoms with Crippen molar-refractivity contribution in [3.8, 4) is 29.6 Å². The van der Waals surface area contributed by atoms with Gasteiger partial charge in [0.2, 0.25) is 11.8 Å². The van der Waals surface area contributed by atoms with Crippen LogP contribution in [0.3, 0.4) is 0 Å². The van der Waals surface area contributed by atoms with Gasteiger partial charge in [0.05, 0.1) is 19.9 Å². The molecule has 30 heavy (non-hydrogen) atoms. The third kappa shape index (κ3) is 7.20. The lowest BCUT2D eigenvalue weighted by Gasteiger charge is -2.09. The topological polar surface area (TPSA) is 98.2 Å². The zero-order chi connectivity index (χ0) is 21.8. The molecule has 0 aliphatic heterocycles. The van der Waals surface area contributed by atoms with E-state index in [1.807, 2.05) is 6.92 Å². The number of nitrogens with one attached hydrogen (secondary N) is 2. The Balaban J connectivity index is 1.84. The van der Waals surface area contributed by atoms with Crippen molar-refractivity contribution in [2.24, 2.45) is 5.10 Å². The van der Waals surface area contributed by atoms with Crippen molar-refractivity contribution in [1.29, 1.82) is 0 Å². The van der Waals surface area contributed by atoms with Gasteiger partial charge in [-0.2, -0.15) is 5.10 Å². The van der Waals surface area contributed by atoms with Crippen LogP contribution in [0.25, 0.3) is 0 Å². The van der Waals surface area contributed by atoms with E-state index in [2.05, 4.69) is 21.8 Å². The lowest BCUT2D eigenvalue weighted by Crippen LogP contribution is -2.24. The first-order chi connectivity index (χ1) is 14.5. The molecule has 2 rings (SSSR count). The maximum atomic E-state index is 12.0. The highest BCUT2D eigenvalue weighted by atomic mass is 16.5. The molecule has 0 bridgehead atoms. The summed E-state index contributed by atoms with van der Waals surface area (Å²) in [6.45, 7) is 2.57. The fourth-order valence-electron chi connectivity index (χ4n) is 2.37. The first-order valence-electron chi connectivity index (χ1n) is 9.14. The molecule has 8 heteroatoms. The Labute approximate surface area is 175 Å². The number of benzene rings is 2. The number of rotatable bonds is 10. The third-order valence-electron chi connectivity index (χ3n) is 3.67. The van der Waals surface area contributed by atoms with Gasteiger partial charge < -0.3 is 19.5 Å². The number of hydrazone groups is 1. The SMILES string of the molecule is C#CCOc1ccc(C=NNC(=O)CC(=O)Nc2ccc(OCC)cc2)cc1OC. The molecule has 0 spiro atoms. The van der Waals surface area contributed by atoms with Crippen LogP contribution in [-0.4, -0.2) is 38.4 Å². The molecule has 2 aromatic carbocycles. The lowest BCUT2D eigenvalue weighted by atomic mass is 10.2. The molecule has 2 aromatic rings. The summed E-state index contributed by atoms with van der Waals surface area (Å²) in [7, 11) is 1.50. The van der Waals surface area contributed by atoms with Crippen LogP contribution in [0, 0.1) is 12.3 Å². The molecule has 0 aliphatic carbocycles. The number of hydrogen-bond donors (Lipinski definition) is 2. The summed E-state index contributed by atoms with van der Waals surface area (Å²) in [5.41, 5.74) is 3.55. The predicted molar refractivity (Wildman–Crippen MR) is 114 cm³/mol. The highest BCUT2D eigenvalue weighted by molar-refractivity contribution is 6.03. The van der Waals surface area contributed by atoms with Crippen LogP contribution >= 0.6 is 0 Å². The maximum absolute atomic E-state index is 12.0. The summed E-state index contributed by atoms with van der Waals surface area (Å²) in [4.78, 5) is 23.9. The van der Waals surface area contributed by atoms with Gasteiger partial charge in [0, 0.05) is 5.69 Å². The molecule has 2 amide bonds. The summed E-state index contributed by atoms with van der Waals surface area (Å²) in [5, 5.41) is 6.49. The Bertz CT molecular complexity index is 933. The summed E-state index contributed by atoms with van der Waals surface area (Å²) in [5.74, 6) is 3.06. The number of ether oxygens (including phenoxy) is 3. The van der Waals surface area contributed by atoms with Gasteiger partial charge in [0.15, 0.2) is 11.5 Å². The number of anilines is 1. The molecule has 0 aromatic heterocycles. The van der Waals surface area contributed by atoms with Crippen LogP contribution in [0.5, 0.6) is 17.2 Å². The molecule has 0 aliphatic rings. The second-order valence-electron chi connectivity index (χ2n) is 5.88. The molecule has 156 valence electrons. The minimum atomic E-state index is -0.546. The molecule has 2 N–H and O–H groups in total. The Morgan fingerprint density at radius 3 is 2.53 bits per heavy atom. The van der Waals surface area contributed by atoms with Gasteiger partial charge in [-0.1, -0.05) is 5.92 Å². The van der Waals surface area contributed by atoms with Gasteiger partial charge in [-0.25, -0.2) is 5.43 Å². The van der Waals surface area contributed by atoms with Crippen LogP contribution in [0.2, 0.25) is 0 Å². The van der Waals surface area contributed by atoms with E-state index in [9.17, 15) is 9.59 Å². The Morgan fingerprint density at radius 1 is 1.10 bits per heavy atom. The van der Waals surface area contributed by atoms with Gasteiger partial charge in [-0.15, -0.1) is 6.42 Å². The number of carbonyl (C=O) groups is 2. The van der Waals surface area contributed by atoms with Crippen LogP contribution in [0.4, 0.5) is 5.69 Å². The quantitative estimate of drug-likeness (QED) is 0.272. The summed E-state index contributed by atoms with van der Waals surface area (Å²) < 4.78 is 15.9. The fourth-order valence-corrected chi connectivity index (χ4v) is 2.37. The highest BCUT2D eigenvalue weighted by Crippen LogP contribution is 2.27. The summed E-state index contributed by atoms with van der Waals surface area (Å²) in [6, 6.07) is 12.0. The van der Waals surface area contributed by atoms with Crippen molar-refractivity contribution in [3.63, 3.8) is 0 Å². The molecule has 0 radical (unpaired) electrons. The van der Waals surface area contributed by atoms with Crippen molar-refractivity contribution in [2.45, 2.75) is 13.3 Å². The summed E-state index contributed by atoms with van der Waals surface area (Å²) in [6.07, 6.45) is 6.23. The average Bonchev–Trinajstić information content (AvgIpc) is 2.74. The van der Waals surface area contributed by atoms with Crippen LogP contribution in [0.15, 0.2) is 47.6 Å². The number of amides is 2. The van der Waals surface area contributed by atoms with Gasteiger partial charge in [0.25, 0.3) is 0 Å². The number of terminal acetylenes is 1. The van der Waals surface area contributed by atoms with E-state index in [0.717, 1.165) is 0 Å². The molecule has 8 nitrogen and oxygen atoms in total. The van der Waals surface area contributed by atoms with E-state index in [1.165, 1.54) is 13.3 Å². The zero-order valence-electron chi connectivity index (χ0n) is 16.8. The van der Waals surface area contributed by atoms with E-state index < -0.39 is 11.8 Å². The molecular formula is C22H23N3O5. The first kappa shape index (κ1) is 22.3. The zero-order valence-corrected chi connectivity index (χ0v) is 16.8. The van der Waals surface area contributed by atoms with Crippen molar-refractivity contribution in [2.75, 3.05) is 25.6 Å². The minimum Gasteiger partial charge on any atom is -0.494 e. The van der Waals surface area contributed by atoms with E-state index in [4.69, 9.17) is 20.6 Å². The monoisotopic (exact) mass is 409 g/mol. The van der Waals surface area contributed by atoms with Crippen molar-refractivity contribution < 1.29 is 23.8 Å². The second kappa shape index (κ2) is 11.8. The Hall–Kier alpha value is -3.99. The van der Waals surface area contributed by atoms with E-state index in [-0.39, 0.29) is 13.0 Å². The molecule has 0 fully saturated rings. The average molecular weight is 409 g/mol. The molecule has 0 saturated carbocycles. The second-order valence-corrected chi connectivity index (χ2v) is 5.88. The molecule has 0 atom stereocenters. The first-order valence-corrected chi connectivity index (χ1v) is 9.14. The number of nitrogens with zero attached hydrogens (tertiary/aromatic N) is 1. The highest BCUT2D eigenvalue weighted by Gasteiger charge is 2.09. The number of carbonyl (C=O) groups excluding carboxylic acids is 2. The fraction of sp³-hybridized carbons (Fsp3) is 0.227. The Morgan fingerprint density at radius 2 is 1.87 bits per heavy atom. The lowest BCUT2D eigenvalue weighted by molar-refractivity contribution is -0.126. The molecule has 0 saturated heterocycles. The molecule has 0 unspecified atom stereocenters. The largest absolute Gasteiger partial charge is 0.494 e. The van der Waals surface area contributed by atoms with E-state index in [0.29, 0.717) is 35.1 Å². The van der Waals surface area contributed by atoms with E-state index >= 15 is 0 Å². The van der Waals surface area contributed by atoms with Gasteiger partial charge in [0.1, 0.15) is 18.8 Å². The van der Waals surface area contributed by atoms with E-state index in [1.54, 1.807) is 42.5 Å². The smallest absolute Gasteiger partial charge is 0.249 e. The number of hydrogen-bond acceptors (Lipinski definition) is 6. The minimum absolute atomic E-state index is 0.124. The third-order valence-corrected chi connectivity index (χ3v) is 3.67. The van der Waals surface area contributed by atoms with Crippen molar-refractivity contribution in [1.82, 2.24) is 5.43 Å².